The first-order valence-electron chi connectivity index (χ1n) is 11.8. The topological polar surface area (TPSA) is 122 Å². The summed E-state index contributed by atoms with van der Waals surface area (Å²) in [5.74, 6) is 0.886. The smallest absolute Gasteiger partial charge is 0.287 e. The lowest BCUT2D eigenvalue weighted by molar-refractivity contribution is -0.385. The maximum absolute atomic E-state index is 10.8. The summed E-state index contributed by atoms with van der Waals surface area (Å²) < 4.78 is 16.0. The monoisotopic (exact) mass is 620 g/mol. The van der Waals surface area contributed by atoms with Gasteiger partial charge in [0.05, 0.1) is 31.5 Å². The van der Waals surface area contributed by atoms with Gasteiger partial charge in [-0.05, 0) is 63.6 Å². The number of hydrogen-bond donors (Lipinski definition) is 1. The summed E-state index contributed by atoms with van der Waals surface area (Å²) in [6.45, 7) is 3.17. The van der Waals surface area contributed by atoms with E-state index in [0.29, 0.717) is 22.0 Å². The zero-order chi connectivity index (χ0) is 25.2. The van der Waals surface area contributed by atoms with E-state index in [1.807, 2.05) is 22.9 Å². The molecule has 4 aromatic heterocycles. The third-order valence-electron chi connectivity index (χ3n) is 6.55. The summed E-state index contributed by atoms with van der Waals surface area (Å²) >= 11 is 6.84. The molecule has 0 unspecified atom stereocenters. The molecule has 190 valence electrons. The molecule has 2 saturated heterocycles. The van der Waals surface area contributed by atoms with E-state index >= 15 is 0 Å². The summed E-state index contributed by atoms with van der Waals surface area (Å²) in [6.07, 6.45) is 11.3. The number of pyridine rings is 2. The zero-order valence-electron chi connectivity index (χ0n) is 19.5. The molecule has 0 aliphatic carbocycles. The van der Waals surface area contributed by atoms with Crippen molar-refractivity contribution in [2.45, 2.75) is 37.5 Å². The number of nitrogen functional groups attached to an aromatic ring is 1. The van der Waals surface area contributed by atoms with Crippen molar-refractivity contribution in [1.29, 1.82) is 0 Å². The van der Waals surface area contributed by atoms with E-state index in [2.05, 4.69) is 48.0 Å². The Kier molecular flexibility index (Phi) is 7.56. The number of rotatable bonds is 3. The van der Waals surface area contributed by atoms with Gasteiger partial charge in [0.1, 0.15) is 0 Å². The van der Waals surface area contributed by atoms with Gasteiger partial charge < -0.3 is 19.6 Å². The normalized spacial score (nSPS) is 17.3. The second kappa shape index (κ2) is 10.8. The summed E-state index contributed by atoms with van der Waals surface area (Å²) in [6, 6.07) is 3.37. The first-order valence-corrected chi connectivity index (χ1v) is 13.4. The minimum absolute atomic E-state index is 0.0512. The Hall–Kier alpha value is -2.54. The van der Waals surface area contributed by atoms with Crippen LogP contribution in [0.2, 0.25) is 0 Å². The molecule has 2 fully saturated rings. The third kappa shape index (κ3) is 5.41. The Morgan fingerprint density at radius 2 is 1.31 bits per heavy atom. The molecule has 36 heavy (non-hydrogen) atoms. The van der Waals surface area contributed by atoms with E-state index in [0.717, 1.165) is 79.3 Å². The largest absolute Gasteiger partial charge is 0.397 e. The summed E-state index contributed by atoms with van der Waals surface area (Å²) in [5, 5.41) is 10.8. The molecular formula is C24H26Br2N6O4. The quantitative estimate of drug-likeness (QED) is 0.238. The van der Waals surface area contributed by atoms with Crippen molar-refractivity contribution in [2.75, 3.05) is 32.2 Å². The van der Waals surface area contributed by atoms with Crippen LogP contribution in [0.5, 0.6) is 0 Å². The lowest BCUT2D eigenvalue weighted by Gasteiger charge is -2.19. The van der Waals surface area contributed by atoms with Gasteiger partial charge in [0, 0.05) is 68.6 Å². The van der Waals surface area contributed by atoms with Crippen molar-refractivity contribution in [2.24, 2.45) is 0 Å². The first-order chi connectivity index (χ1) is 17.4. The predicted octanol–water partition coefficient (Wildman–Crippen LogP) is 5.47. The fourth-order valence-electron chi connectivity index (χ4n) is 4.64. The van der Waals surface area contributed by atoms with Gasteiger partial charge in [0.25, 0.3) is 5.69 Å². The molecule has 4 aromatic rings. The Bertz CT molecular complexity index is 1390. The van der Waals surface area contributed by atoms with E-state index in [1.54, 1.807) is 4.40 Å². The molecule has 6 rings (SSSR count). The average molecular weight is 622 g/mol. The van der Waals surface area contributed by atoms with Gasteiger partial charge in [-0.2, -0.15) is 0 Å². The average Bonchev–Trinajstić information content (AvgIpc) is 3.51. The van der Waals surface area contributed by atoms with Crippen molar-refractivity contribution in [3.63, 3.8) is 0 Å². The fraction of sp³-hybridized carbons (Fsp3) is 0.417. The lowest BCUT2D eigenvalue weighted by Crippen LogP contribution is -2.14. The van der Waals surface area contributed by atoms with Crippen LogP contribution < -0.4 is 5.73 Å². The van der Waals surface area contributed by atoms with E-state index in [4.69, 9.17) is 15.2 Å². The van der Waals surface area contributed by atoms with Crippen LogP contribution in [0.1, 0.15) is 48.9 Å². The molecule has 0 radical (unpaired) electrons. The fourth-order valence-corrected chi connectivity index (χ4v) is 5.72. The van der Waals surface area contributed by atoms with Crippen LogP contribution in [0.4, 0.5) is 11.4 Å². The SMILES string of the molecule is Nc1cc(Br)c2nc(C3CCOCC3)cn2c1.O=[N+]([O-])c1cc(Br)c2nc(C3CCOCC3)cn2c1. The Morgan fingerprint density at radius 1 is 0.833 bits per heavy atom. The molecule has 12 heteroatoms. The number of aromatic nitrogens is 4. The van der Waals surface area contributed by atoms with Gasteiger partial charge in [0.15, 0.2) is 11.3 Å². The summed E-state index contributed by atoms with van der Waals surface area (Å²) in [7, 11) is 0. The van der Waals surface area contributed by atoms with Crippen LogP contribution in [0.15, 0.2) is 45.9 Å². The highest BCUT2D eigenvalue weighted by Gasteiger charge is 2.21. The van der Waals surface area contributed by atoms with Crippen LogP contribution in [0.3, 0.4) is 0 Å². The van der Waals surface area contributed by atoms with Gasteiger partial charge in [-0.3, -0.25) is 14.5 Å². The highest BCUT2D eigenvalue weighted by atomic mass is 79.9. The molecule has 0 saturated carbocycles. The van der Waals surface area contributed by atoms with Gasteiger partial charge in [0.2, 0.25) is 0 Å². The van der Waals surface area contributed by atoms with Crippen LogP contribution in [-0.2, 0) is 9.47 Å². The van der Waals surface area contributed by atoms with Crippen molar-refractivity contribution in [3.8, 4) is 0 Å². The number of nitrogens with zero attached hydrogens (tertiary/aromatic N) is 5. The van der Waals surface area contributed by atoms with E-state index in [9.17, 15) is 10.1 Å². The van der Waals surface area contributed by atoms with E-state index in [1.165, 1.54) is 12.3 Å². The molecule has 2 N–H and O–H groups in total. The van der Waals surface area contributed by atoms with Crippen molar-refractivity contribution < 1.29 is 14.4 Å². The van der Waals surface area contributed by atoms with Crippen LogP contribution in [-0.4, -0.2) is 50.1 Å². The van der Waals surface area contributed by atoms with Gasteiger partial charge in [-0.25, -0.2) is 9.97 Å². The van der Waals surface area contributed by atoms with Gasteiger partial charge in [-0.1, -0.05) is 0 Å². The van der Waals surface area contributed by atoms with Crippen LogP contribution in [0.25, 0.3) is 11.3 Å². The predicted molar refractivity (Wildman–Crippen MR) is 142 cm³/mol. The second-order valence-electron chi connectivity index (χ2n) is 8.99. The number of hydrogen-bond acceptors (Lipinski definition) is 7. The molecule has 0 aromatic carbocycles. The van der Waals surface area contributed by atoms with E-state index < -0.39 is 4.92 Å². The van der Waals surface area contributed by atoms with E-state index in [-0.39, 0.29) is 5.69 Å². The molecule has 0 spiro atoms. The maximum atomic E-state index is 10.8. The van der Waals surface area contributed by atoms with Gasteiger partial charge >= 0.3 is 0 Å². The third-order valence-corrected chi connectivity index (χ3v) is 7.71. The second-order valence-corrected chi connectivity index (χ2v) is 10.7. The Labute approximate surface area is 224 Å². The number of fused-ring (bicyclic) bond motifs is 2. The zero-order valence-corrected chi connectivity index (χ0v) is 22.6. The minimum atomic E-state index is -0.404. The highest BCUT2D eigenvalue weighted by Crippen LogP contribution is 2.30. The molecule has 2 aliphatic rings. The first kappa shape index (κ1) is 25.1. The number of anilines is 1. The Morgan fingerprint density at radius 3 is 1.81 bits per heavy atom. The molecule has 10 nitrogen and oxygen atoms in total. The minimum Gasteiger partial charge on any atom is -0.397 e. The number of nitro groups is 1. The maximum Gasteiger partial charge on any atom is 0.287 e. The molecular weight excluding hydrogens is 596 g/mol. The highest BCUT2D eigenvalue weighted by molar-refractivity contribution is 9.11. The van der Waals surface area contributed by atoms with Gasteiger partial charge in [-0.15, -0.1) is 0 Å². The van der Waals surface area contributed by atoms with Crippen molar-refractivity contribution in [3.05, 3.63) is 67.4 Å². The standard InChI is InChI=1S/C12H12BrN3O3.C12H14BrN3O/c13-10-5-9(16(17)18)6-15-7-11(14-12(10)15)8-1-3-19-4-2-8;13-10-5-9(14)6-16-7-11(15-12(10)16)8-1-3-17-4-2-8/h5-8H,1-4H2;5-8H,1-4,14H2. The number of nitrogens with two attached hydrogens (primary N) is 1. The molecule has 0 bridgehead atoms. The van der Waals surface area contributed by atoms with Crippen LogP contribution >= 0.6 is 31.9 Å². The lowest BCUT2D eigenvalue weighted by atomic mass is 9.97. The summed E-state index contributed by atoms with van der Waals surface area (Å²) in [5.41, 5.74) is 10.4. The number of imidazole rings is 2. The molecule has 0 atom stereocenters. The molecule has 2 aliphatic heterocycles. The van der Waals surface area contributed by atoms with Crippen molar-refractivity contribution in [1.82, 2.24) is 18.8 Å². The van der Waals surface area contributed by atoms with Crippen molar-refractivity contribution >= 4 is 54.5 Å². The number of ether oxygens (including phenoxy) is 2. The summed E-state index contributed by atoms with van der Waals surface area (Å²) in [4.78, 5) is 19.7. The van der Waals surface area contributed by atoms with Crippen LogP contribution in [0, 0.1) is 10.1 Å². The molecule has 0 amide bonds. The Balaban J connectivity index is 0.000000149. The molecule has 6 heterocycles. The number of halogens is 2.